The summed E-state index contributed by atoms with van der Waals surface area (Å²) in [6.45, 7) is 3.38. The third-order valence-electron chi connectivity index (χ3n) is 6.04. The molecule has 1 spiro atoms. The summed E-state index contributed by atoms with van der Waals surface area (Å²) in [5.41, 5.74) is -0.0248. The van der Waals surface area contributed by atoms with Crippen molar-refractivity contribution in [3.05, 3.63) is 0 Å². The molecular weight excluding hydrogens is 332 g/mol. The minimum atomic E-state index is -3.51. The second kappa shape index (κ2) is 6.90. The summed E-state index contributed by atoms with van der Waals surface area (Å²) in [6.07, 6.45) is 4.79. The normalized spacial score (nSPS) is 29.3. The lowest BCUT2D eigenvalue weighted by molar-refractivity contribution is -0.142. The third-order valence-corrected chi connectivity index (χ3v) is 8.04. The number of carbonyl (C=O) groups is 1. The first-order chi connectivity index (χ1) is 11.3. The van der Waals surface area contributed by atoms with Crippen molar-refractivity contribution >= 4 is 16.2 Å². The fourth-order valence-corrected chi connectivity index (χ4v) is 5.77. The Morgan fingerprint density at radius 2 is 1.83 bits per heavy atom. The number of hydrogen-bond donors (Lipinski definition) is 1. The molecule has 0 amide bonds. The molecule has 1 atom stereocenters. The Morgan fingerprint density at radius 1 is 1.17 bits per heavy atom. The highest BCUT2D eigenvalue weighted by Crippen LogP contribution is 2.49. The molecule has 8 heteroatoms. The van der Waals surface area contributed by atoms with Gasteiger partial charge in [-0.15, -0.1) is 0 Å². The molecule has 1 unspecified atom stereocenters. The van der Waals surface area contributed by atoms with Crippen LogP contribution in [-0.2, 0) is 19.7 Å². The van der Waals surface area contributed by atoms with E-state index in [2.05, 4.69) is 0 Å². The van der Waals surface area contributed by atoms with E-state index in [1.165, 1.54) is 15.5 Å². The van der Waals surface area contributed by atoms with Crippen molar-refractivity contribution in [1.82, 2.24) is 8.61 Å². The molecule has 3 fully saturated rings. The topological polar surface area (TPSA) is 87.2 Å². The average molecular weight is 360 g/mol. The van der Waals surface area contributed by atoms with E-state index in [1.807, 2.05) is 0 Å². The van der Waals surface area contributed by atoms with Crippen LogP contribution in [0.4, 0.5) is 0 Å². The second-order valence-electron chi connectivity index (χ2n) is 7.49. The SMILES string of the molecule is CC(=O)OCC1CCN(S(=O)(=O)N2CCC3(CCC3)C(O)C2)CC1. The minimum absolute atomic E-state index is 0.0248. The Morgan fingerprint density at radius 3 is 2.33 bits per heavy atom. The van der Waals surface area contributed by atoms with Crippen molar-refractivity contribution < 1.29 is 23.1 Å². The van der Waals surface area contributed by atoms with Crippen LogP contribution in [0.1, 0.15) is 45.4 Å². The monoisotopic (exact) mass is 360 g/mol. The Kier molecular flexibility index (Phi) is 5.20. The lowest BCUT2D eigenvalue weighted by Crippen LogP contribution is -2.58. The molecule has 24 heavy (non-hydrogen) atoms. The number of ether oxygens (including phenoxy) is 1. The summed E-state index contributed by atoms with van der Waals surface area (Å²) in [7, 11) is -3.51. The molecule has 0 aromatic heterocycles. The molecule has 0 bridgehead atoms. The van der Waals surface area contributed by atoms with Crippen LogP contribution in [0.3, 0.4) is 0 Å². The zero-order chi connectivity index (χ0) is 17.4. The predicted molar refractivity (Wildman–Crippen MR) is 88.3 cm³/mol. The highest BCUT2D eigenvalue weighted by Gasteiger charge is 2.49. The van der Waals surface area contributed by atoms with Gasteiger partial charge >= 0.3 is 5.97 Å². The molecule has 3 rings (SSSR count). The van der Waals surface area contributed by atoms with E-state index in [0.717, 1.165) is 25.7 Å². The van der Waals surface area contributed by atoms with Gasteiger partial charge in [0.1, 0.15) is 0 Å². The number of rotatable bonds is 4. The Balaban J connectivity index is 1.54. The summed E-state index contributed by atoms with van der Waals surface area (Å²) in [4.78, 5) is 10.9. The maximum absolute atomic E-state index is 12.8. The maximum Gasteiger partial charge on any atom is 0.302 e. The smallest absolute Gasteiger partial charge is 0.302 e. The molecule has 7 nitrogen and oxygen atoms in total. The standard InChI is InChI=1S/C16H28N2O5S/c1-13(19)23-12-14-3-8-17(9-4-14)24(21,22)18-10-7-16(5-2-6-16)15(20)11-18/h14-15,20H,2-12H2,1H3. The first-order valence-corrected chi connectivity index (χ1v) is 10.3. The van der Waals surface area contributed by atoms with Crippen LogP contribution in [0.2, 0.25) is 0 Å². The molecule has 2 heterocycles. The fourth-order valence-electron chi connectivity index (χ4n) is 4.12. The highest BCUT2D eigenvalue weighted by molar-refractivity contribution is 7.86. The number of β-amino-alcohol motifs (C(OH)–C–C–N with tert-alkyl or cyclic N) is 1. The van der Waals surface area contributed by atoms with E-state index in [4.69, 9.17) is 4.74 Å². The van der Waals surface area contributed by atoms with Crippen molar-refractivity contribution in [2.75, 3.05) is 32.8 Å². The lowest BCUT2D eigenvalue weighted by atomic mass is 9.62. The first-order valence-electron chi connectivity index (χ1n) is 8.90. The number of esters is 1. The number of nitrogens with zero attached hydrogens (tertiary/aromatic N) is 2. The average Bonchev–Trinajstić information content (AvgIpc) is 2.51. The van der Waals surface area contributed by atoms with E-state index >= 15 is 0 Å². The van der Waals surface area contributed by atoms with Crippen LogP contribution in [0.15, 0.2) is 0 Å². The lowest BCUT2D eigenvalue weighted by Gasteiger charge is -2.51. The zero-order valence-electron chi connectivity index (χ0n) is 14.3. The van der Waals surface area contributed by atoms with Crippen LogP contribution in [0, 0.1) is 11.3 Å². The predicted octanol–water partition coefficient (Wildman–Crippen LogP) is 0.743. The van der Waals surface area contributed by atoms with Gasteiger partial charge in [-0.25, -0.2) is 0 Å². The van der Waals surface area contributed by atoms with Gasteiger partial charge in [0.25, 0.3) is 10.2 Å². The van der Waals surface area contributed by atoms with Crippen molar-refractivity contribution in [2.45, 2.75) is 51.6 Å². The van der Waals surface area contributed by atoms with Gasteiger partial charge in [0.05, 0.1) is 12.7 Å². The van der Waals surface area contributed by atoms with Crippen LogP contribution in [0.5, 0.6) is 0 Å². The van der Waals surface area contributed by atoms with Crippen LogP contribution < -0.4 is 0 Å². The number of piperidine rings is 2. The fraction of sp³-hybridized carbons (Fsp3) is 0.938. The molecule has 1 saturated carbocycles. The molecular formula is C16H28N2O5S. The zero-order valence-corrected chi connectivity index (χ0v) is 15.1. The quantitative estimate of drug-likeness (QED) is 0.748. The van der Waals surface area contributed by atoms with Gasteiger partial charge in [-0.05, 0) is 43.4 Å². The van der Waals surface area contributed by atoms with Crippen LogP contribution >= 0.6 is 0 Å². The third kappa shape index (κ3) is 3.47. The summed E-state index contributed by atoms with van der Waals surface area (Å²) in [5.74, 6) is -0.0668. The van der Waals surface area contributed by atoms with Gasteiger partial charge in [-0.1, -0.05) is 6.42 Å². The Labute approximate surface area is 144 Å². The van der Waals surface area contributed by atoms with Crippen molar-refractivity contribution in [2.24, 2.45) is 11.3 Å². The van der Waals surface area contributed by atoms with Gasteiger partial charge in [0, 0.05) is 33.1 Å². The molecule has 1 N–H and O–H groups in total. The van der Waals surface area contributed by atoms with Gasteiger partial charge in [-0.2, -0.15) is 17.0 Å². The summed E-state index contributed by atoms with van der Waals surface area (Å²) < 4.78 is 33.7. The van der Waals surface area contributed by atoms with E-state index < -0.39 is 16.3 Å². The molecule has 2 saturated heterocycles. The second-order valence-corrected chi connectivity index (χ2v) is 9.42. The molecule has 1 aliphatic carbocycles. The van der Waals surface area contributed by atoms with E-state index in [0.29, 0.717) is 39.1 Å². The molecule has 2 aliphatic heterocycles. The highest BCUT2D eigenvalue weighted by atomic mass is 32.2. The van der Waals surface area contributed by atoms with E-state index in [1.54, 1.807) is 0 Å². The molecule has 0 aromatic rings. The van der Waals surface area contributed by atoms with Crippen molar-refractivity contribution in [1.29, 1.82) is 0 Å². The summed E-state index contributed by atoms with van der Waals surface area (Å²) in [5, 5.41) is 10.4. The van der Waals surface area contributed by atoms with Gasteiger partial charge in [0.15, 0.2) is 0 Å². The van der Waals surface area contributed by atoms with E-state index in [9.17, 15) is 18.3 Å². The Bertz CT molecular complexity index is 567. The number of hydrogen-bond acceptors (Lipinski definition) is 5. The Hall–Kier alpha value is -0.700. The van der Waals surface area contributed by atoms with Gasteiger partial charge < -0.3 is 9.84 Å². The first kappa shape index (κ1) is 18.1. The molecule has 0 aromatic carbocycles. The summed E-state index contributed by atoms with van der Waals surface area (Å²) >= 11 is 0. The molecule has 138 valence electrons. The van der Waals surface area contributed by atoms with Crippen LogP contribution in [0.25, 0.3) is 0 Å². The largest absolute Gasteiger partial charge is 0.466 e. The minimum Gasteiger partial charge on any atom is -0.466 e. The van der Waals surface area contributed by atoms with Crippen LogP contribution in [-0.4, -0.2) is 67.0 Å². The van der Waals surface area contributed by atoms with Crippen molar-refractivity contribution in [3.8, 4) is 0 Å². The van der Waals surface area contributed by atoms with Gasteiger partial charge in [0.2, 0.25) is 0 Å². The number of aliphatic hydroxyl groups is 1. The number of aliphatic hydroxyl groups excluding tert-OH is 1. The number of carbonyl (C=O) groups excluding carboxylic acids is 1. The maximum atomic E-state index is 12.8. The van der Waals surface area contributed by atoms with Crippen molar-refractivity contribution in [3.63, 3.8) is 0 Å². The summed E-state index contributed by atoms with van der Waals surface area (Å²) in [6, 6.07) is 0. The molecule has 0 radical (unpaired) electrons. The molecule has 3 aliphatic rings. The van der Waals surface area contributed by atoms with Gasteiger partial charge in [-0.3, -0.25) is 4.79 Å². The van der Waals surface area contributed by atoms with E-state index in [-0.39, 0.29) is 23.8 Å².